The van der Waals surface area contributed by atoms with Gasteiger partial charge in [-0.3, -0.25) is 0 Å². The number of benzene rings is 1. The minimum atomic E-state index is -0.353. The highest BCUT2D eigenvalue weighted by molar-refractivity contribution is 9.10. The number of hydrogen-bond donors (Lipinski definition) is 1. The van der Waals surface area contributed by atoms with E-state index in [1.54, 1.807) is 12.1 Å². The summed E-state index contributed by atoms with van der Waals surface area (Å²) in [6.45, 7) is 3.51. The van der Waals surface area contributed by atoms with Crippen LogP contribution < -0.4 is 5.32 Å². The molecule has 96 valence electrons. The van der Waals surface area contributed by atoms with E-state index in [2.05, 4.69) is 21.2 Å². The second-order valence-corrected chi connectivity index (χ2v) is 5.37. The van der Waals surface area contributed by atoms with E-state index in [-0.39, 0.29) is 16.9 Å². The summed E-state index contributed by atoms with van der Waals surface area (Å²) < 4.78 is 14.6. The van der Waals surface area contributed by atoms with Crippen molar-refractivity contribution in [2.75, 3.05) is 27.2 Å². The number of rotatable bonds is 5. The van der Waals surface area contributed by atoms with Crippen LogP contribution in [0.25, 0.3) is 0 Å². The van der Waals surface area contributed by atoms with Crippen molar-refractivity contribution < 1.29 is 4.39 Å². The minimum Gasteiger partial charge on any atom is -0.309 e. The number of likely N-dealkylation sites (N-methyl/N-ethyl adjacent to an activating group) is 2. The van der Waals surface area contributed by atoms with Crippen molar-refractivity contribution in [3.05, 3.63) is 33.0 Å². The standard InChI is InChI=1S/C12H17BrClFN2/c1-4-16-10(7-17(2)3)8-5-6-9(13)11(14)12(8)15/h5-6,10,16H,4,7H2,1-3H3. The molecule has 17 heavy (non-hydrogen) atoms. The van der Waals surface area contributed by atoms with Gasteiger partial charge in [-0.05, 0) is 42.6 Å². The highest BCUT2D eigenvalue weighted by Gasteiger charge is 2.18. The molecule has 0 aliphatic carbocycles. The van der Waals surface area contributed by atoms with Crippen LogP contribution in [-0.4, -0.2) is 32.1 Å². The van der Waals surface area contributed by atoms with Gasteiger partial charge in [-0.2, -0.15) is 0 Å². The first kappa shape index (κ1) is 14.9. The molecule has 1 N–H and O–H groups in total. The molecule has 1 rings (SSSR count). The van der Waals surface area contributed by atoms with Crippen LogP contribution in [0.1, 0.15) is 18.5 Å². The average Bonchev–Trinajstić information content (AvgIpc) is 2.25. The topological polar surface area (TPSA) is 15.3 Å². The largest absolute Gasteiger partial charge is 0.309 e. The molecule has 0 fully saturated rings. The quantitative estimate of drug-likeness (QED) is 0.835. The van der Waals surface area contributed by atoms with Gasteiger partial charge in [-0.25, -0.2) is 4.39 Å². The van der Waals surface area contributed by atoms with Gasteiger partial charge in [0.25, 0.3) is 0 Å². The van der Waals surface area contributed by atoms with Crippen LogP contribution in [0.5, 0.6) is 0 Å². The Morgan fingerprint density at radius 1 is 1.47 bits per heavy atom. The molecule has 1 unspecified atom stereocenters. The van der Waals surface area contributed by atoms with Crippen LogP contribution in [0.15, 0.2) is 16.6 Å². The highest BCUT2D eigenvalue weighted by Crippen LogP contribution is 2.30. The molecular formula is C12H17BrClFN2. The summed E-state index contributed by atoms with van der Waals surface area (Å²) in [4.78, 5) is 2.02. The molecule has 2 nitrogen and oxygen atoms in total. The smallest absolute Gasteiger partial charge is 0.147 e. The summed E-state index contributed by atoms with van der Waals surface area (Å²) in [5, 5.41) is 3.40. The summed E-state index contributed by atoms with van der Waals surface area (Å²) in [7, 11) is 3.92. The zero-order chi connectivity index (χ0) is 13.0. The summed E-state index contributed by atoms with van der Waals surface area (Å²) in [5.41, 5.74) is 0.605. The lowest BCUT2D eigenvalue weighted by Gasteiger charge is -2.23. The van der Waals surface area contributed by atoms with Gasteiger partial charge in [0.15, 0.2) is 0 Å². The van der Waals surface area contributed by atoms with Crippen molar-refractivity contribution in [2.45, 2.75) is 13.0 Å². The molecule has 5 heteroatoms. The fraction of sp³-hybridized carbons (Fsp3) is 0.500. The first-order valence-corrected chi connectivity index (χ1v) is 6.66. The Morgan fingerprint density at radius 3 is 2.65 bits per heavy atom. The summed E-state index contributed by atoms with van der Waals surface area (Å²) in [5.74, 6) is -0.353. The Kier molecular flexibility index (Phi) is 5.86. The first-order valence-electron chi connectivity index (χ1n) is 5.48. The van der Waals surface area contributed by atoms with Crippen molar-refractivity contribution in [3.8, 4) is 0 Å². The minimum absolute atomic E-state index is 0.0550. The molecule has 0 amide bonds. The van der Waals surface area contributed by atoms with E-state index in [1.165, 1.54) is 0 Å². The van der Waals surface area contributed by atoms with E-state index in [0.29, 0.717) is 10.0 Å². The number of nitrogens with zero attached hydrogens (tertiary/aromatic N) is 1. The van der Waals surface area contributed by atoms with E-state index in [9.17, 15) is 4.39 Å². The van der Waals surface area contributed by atoms with E-state index < -0.39 is 0 Å². The fourth-order valence-corrected chi connectivity index (χ4v) is 2.17. The summed E-state index contributed by atoms with van der Waals surface area (Å²) in [6, 6.07) is 3.49. The molecular weight excluding hydrogens is 307 g/mol. The lowest BCUT2D eigenvalue weighted by Crippen LogP contribution is -2.31. The van der Waals surface area contributed by atoms with Crippen LogP contribution in [0.2, 0.25) is 5.02 Å². The molecule has 0 saturated carbocycles. The van der Waals surface area contributed by atoms with E-state index in [4.69, 9.17) is 11.6 Å². The normalized spacial score (nSPS) is 13.1. The first-order chi connectivity index (χ1) is 7.97. The Balaban J connectivity index is 3.05. The van der Waals surface area contributed by atoms with Crippen molar-refractivity contribution in [1.29, 1.82) is 0 Å². The van der Waals surface area contributed by atoms with Gasteiger partial charge in [-0.1, -0.05) is 24.6 Å². The maximum absolute atomic E-state index is 14.1. The molecule has 0 aliphatic rings. The van der Waals surface area contributed by atoms with Gasteiger partial charge in [0.1, 0.15) is 5.82 Å². The Morgan fingerprint density at radius 2 is 2.12 bits per heavy atom. The molecule has 0 aliphatic heterocycles. The second kappa shape index (κ2) is 6.69. The molecule has 1 aromatic rings. The van der Waals surface area contributed by atoms with Gasteiger partial charge < -0.3 is 10.2 Å². The average molecular weight is 324 g/mol. The van der Waals surface area contributed by atoms with Gasteiger partial charge in [-0.15, -0.1) is 0 Å². The van der Waals surface area contributed by atoms with Crippen LogP contribution in [0.4, 0.5) is 4.39 Å². The van der Waals surface area contributed by atoms with Crippen molar-refractivity contribution >= 4 is 27.5 Å². The van der Waals surface area contributed by atoms with E-state index in [1.807, 2.05) is 25.9 Å². The molecule has 1 atom stereocenters. The molecule has 0 saturated heterocycles. The number of hydrogen-bond acceptors (Lipinski definition) is 2. The van der Waals surface area contributed by atoms with Crippen molar-refractivity contribution in [1.82, 2.24) is 10.2 Å². The zero-order valence-electron chi connectivity index (χ0n) is 10.2. The van der Waals surface area contributed by atoms with Crippen LogP contribution >= 0.6 is 27.5 Å². The summed E-state index contributed by atoms with van der Waals surface area (Å²) >= 11 is 9.12. The highest BCUT2D eigenvalue weighted by atomic mass is 79.9. The van der Waals surface area contributed by atoms with Gasteiger partial charge in [0, 0.05) is 22.6 Å². The van der Waals surface area contributed by atoms with Crippen LogP contribution in [0, 0.1) is 5.82 Å². The third-order valence-electron chi connectivity index (χ3n) is 2.44. The maximum Gasteiger partial charge on any atom is 0.147 e. The van der Waals surface area contributed by atoms with Gasteiger partial charge in [0.05, 0.1) is 5.02 Å². The van der Waals surface area contributed by atoms with Gasteiger partial charge in [0.2, 0.25) is 0 Å². The van der Waals surface area contributed by atoms with E-state index >= 15 is 0 Å². The lowest BCUT2D eigenvalue weighted by atomic mass is 10.1. The van der Waals surface area contributed by atoms with E-state index in [0.717, 1.165) is 13.1 Å². The maximum atomic E-state index is 14.1. The molecule has 0 bridgehead atoms. The van der Waals surface area contributed by atoms with Crippen LogP contribution in [-0.2, 0) is 0 Å². The Hall–Kier alpha value is -0.160. The van der Waals surface area contributed by atoms with Crippen LogP contribution in [0.3, 0.4) is 0 Å². The predicted octanol–water partition coefficient (Wildman–Crippen LogP) is 3.45. The summed E-state index contributed by atoms with van der Waals surface area (Å²) in [6.07, 6.45) is 0. The lowest BCUT2D eigenvalue weighted by molar-refractivity contribution is 0.339. The fourth-order valence-electron chi connectivity index (χ4n) is 1.69. The molecule has 0 radical (unpaired) electrons. The second-order valence-electron chi connectivity index (χ2n) is 4.14. The molecule has 0 spiro atoms. The SMILES string of the molecule is CCNC(CN(C)C)c1ccc(Br)c(Cl)c1F. The number of halogens is 3. The van der Waals surface area contributed by atoms with Crippen molar-refractivity contribution in [2.24, 2.45) is 0 Å². The monoisotopic (exact) mass is 322 g/mol. The molecule has 0 aromatic heterocycles. The zero-order valence-corrected chi connectivity index (χ0v) is 12.6. The molecule has 0 heterocycles. The Bertz CT molecular complexity index is 385. The Labute approximate surface area is 115 Å². The predicted molar refractivity (Wildman–Crippen MR) is 74.1 cm³/mol. The third kappa shape index (κ3) is 3.91. The molecule has 1 aromatic carbocycles. The third-order valence-corrected chi connectivity index (χ3v) is 3.70. The van der Waals surface area contributed by atoms with Crippen molar-refractivity contribution in [3.63, 3.8) is 0 Å². The van der Waals surface area contributed by atoms with Gasteiger partial charge >= 0.3 is 0 Å². The number of nitrogens with one attached hydrogen (secondary N) is 1.